The predicted octanol–water partition coefficient (Wildman–Crippen LogP) is 7.59. The van der Waals surface area contributed by atoms with Crippen LogP contribution in [-0.2, 0) is 24.4 Å². The van der Waals surface area contributed by atoms with E-state index in [-0.39, 0.29) is 24.1 Å². The van der Waals surface area contributed by atoms with Gasteiger partial charge in [0.1, 0.15) is 29.3 Å². The maximum atomic E-state index is 14.7. The van der Waals surface area contributed by atoms with Gasteiger partial charge in [0.15, 0.2) is 5.82 Å². The van der Waals surface area contributed by atoms with Gasteiger partial charge >= 0.3 is 0 Å². The number of nitrogens with zero attached hydrogens (tertiary/aromatic N) is 6. The zero-order valence-electron chi connectivity index (χ0n) is 30.4. The first-order chi connectivity index (χ1) is 26.8. The normalized spacial score (nSPS) is 16.0. The van der Waals surface area contributed by atoms with Gasteiger partial charge in [-0.15, -0.1) is 0 Å². The summed E-state index contributed by atoms with van der Waals surface area (Å²) in [6, 6.07) is 22.1. The lowest BCUT2D eigenvalue weighted by Gasteiger charge is -2.29. The minimum Gasteiger partial charge on any atom is -0.473 e. The number of pyridine rings is 1. The number of aromatic amines is 1. The molecule has 13 heteroatoms. The molecule has 4 aromatic heterocycles. The summed E-state index contributed by atoms with van der Waals surface area (Å²) in [6.45, 7) is 7.53. The van der Waals surface area contributed by atoms with Gasteiger partial charge in [0.2, 0.25) is 5.88 Å². The molecule has 1 atom stereocenters. The maximum absolute atomic E-state index is 14.7. The number of hydrogen-bond acceptors (Lipinski definition) is 9. The van der Waals surface area contributed by atoms with Crippen molar-refractivity contribution in [3.8, 4) is 11.9 Å². The Balaban J connectivity index is 0.896. The largest absolute Gasteiger partial charge is 0.473 e. The molecule has 0 spiro atoms. The van der Waals surface area contributed by atoms with Crippen LogP contribution < -0.4 is 10.1 Å². The van der Waals surface area contributed by atoms with Crippen molar-refractivity contribution in [3.63, 3.8) is 0 Å². The number of hydrogen-bond donors (Lipinski definition) is 2. The Morgan fingerprint density at radius 3 is 2.80 bits per heavy atom. The van der Waals surface area contributed by atoms with Crippen LogP contribution in [0.4, 0.5) is 10.1 Å². The number of amides is 1. The Bertz CT molecular complexity index is 2700. The number of halogens is 1. The fourth-order valence-corrected chi connectivity index (χ4v) is 7.38. The fourth-order valence-electron chi connectivity index (χ4n) is 7.38. The molecule has 2 N–H and O–H groups in total. The van der Waals surface area contributed by atoms with Crippen LogP contribution in [0, 0.1) is 31.0 Å². The van der Waals surface area contributed by atoms with Crippen molar-refractivity contribution in [1.29, 1.82) is 5.26 Å². The van der Waals surface area contributed by atoms with Crippen molar-refractivity contribution in [2.45, 2.75) is 52.5 Å². The van der Waals surface area contributed by atoms with E-state index < -0.39 is 5.82 Å². The second-order valence-electron chi connectivity index (χ2n) is 14.1. The highest BCUT2D eigenvalue weighted by molar-refractivity contribution is 6.06. The first-order valence-corrected chi connectivity index (χ1v) is 18.3. The smallest absolute Gasteiger partial charge is 0.255 e. The molecule has 2 aliphatic heterocycles. The number of nitriles is 1. The van der Waals surface area contributed by atoms with Crippen LogP contribution >= 0.6 is 0 Å². The number of carbonyl (C=O) groups excluding carboxylic acids is 1. The number of rotatable bonds is 10. The molecular formula is C42H37FN8O4. The molecule has 0 radical (unpaired) electrons. The molecule has 276 valence electrons. The highest BCUT2D eigenvalue weighted by Crippen LogP contribution is 2.30. The standard InChI is InChI=1S/C42H37FN8O4/c1-24-16-33-28(20-44)6-7-29(41(33)55-24)23-54-39-5-3-4-35(47-39)26-10-13-50(14-11-26)22-38-46-36-17-27(8-9-37(36)51(38)21-31-12-15-53-31)42(52)45-30-18-32-25(2)48-49-40(32)34(43)19-30/h3-10,16-19,31H,11-15,21-23H2,1-2H3,(H,45,52)(H,48,49)/t31-/m0/s1. The molecule has 0 aliphatic carbocycles. The number of furan rings is 1. The van der Waals surface area contributed by atoms with E-state index in [0.29, 0.717) is 52.3 Å². The van der Waals surface area contributed by atoms with Crippen molar-refractivity contribution in [3.05, 3.63) is 118 Å². The summed E-state index contributed by atoms with van der Waals surface area (Å²) in [5.41, 5.74) is 7.51. The third-order valence-electron chi connectivity index (χ3n) is 10.4. The first kappa shape index (κ1) is 34.4. The molecular weight excluding hydrogens is 700 g/mol. The zero-order valence-corrected chi connectivity index (χ0v) is 30.4. The summed E-state index contributed by atoms with van der Waals surface area (Å²) in [5.74, 6) is 1.31. The number of nitrogens with one attached hydrogen (secondary N) is 2. The zero-order chi connectivity index (χ0) is 37.6. The molecule has 9 rings (SSSR count). The second-order valence-corrected chi connectivity index (χ2v) is 14.1. The molecule has 0 bridgehead atoms. The van der Waals surface area contributed by atoms with Crippen LogP contribution in [0.15, 0.2) is 77.2 Å². The summed E-state index contributed by atoms with van der Waals surface area (Å²) in [5, 5.41) is 20.5. The van der Waals surface area contributed by atoms with E-state index in [0.717, 1.165) is 77.6 Å². The van der Waals surface area contributed by atoms with Gasteiger partial charge in [0.25, 0.3) is 5.91 Å². The number of H-pyrrole nitrogens is 1. The van der Waals surface area contributed by atoms with Crippen LogP contribution in [0.3, 0.4) is 0 Å². The van der Waals surface area contributed by atoms with Gasteiger partial charge in [0, 0.05) is 59.0 Å². The number of benzene rings is 3. The number of aryl methyl sites for hydroxylation is 2. The monoisotopic (exact) mass is 736 g/mol. The molecule has 55 heavy (non-hydrogen) atoms. The summed E-state index contributed by atoms with van der Waals surface area (Å²) in [7, 11) is 0. The highest BCUT2D eigenvalue weighted by atomic mass is 19.1. The molecule has 1 fully saturated rings. The average Bonchev–Trinajstić information content (AvgIpc) is 3.86. The van der Waals surface area contributed by atoms with Crippen LogP contribution in [0.5, 0.6) is 5.88 Å². The Hall–Kier alpha value is -6.36. The number of ether oxygens (including phenoxy) is 2. The molecule has 1 amide bonds. The van der Waals surface area contributed by atoms with Gasteiger partial charge in [-0.2, -0.15) is 10.4 Å². The fraction of sp³-hybridized carbons (Fsp3) is 0.262. The van der Waals surface area contributed by atoms with Gasteiger partial charge in [-0.1, -0.05) is 18.2 Å². The lowest BCUT2D eigenvalue weighted by molar-refractivity contribution is -0.0591. The van der Waals surface area contributed by atoms with E-state index >= 15 is 0 Å². The van der Waals surface area contributed by atoms with E-state index in [2.05, 4.69) is 37.1 Å². The van der Waals surface area contributed by atoms with Gasteiger partial charge in [-0.25, -0.2) is 14.4 Å². The molecule has 0 unspecified atom stereocenters. The number of fused-ring (bicyclic) bond motifs is 3. The molecule has 1 saturated heterocycles. The molecule has 6 heterocycles. The van der Waals surface area contributed by atoms with Gasteiger partial charge in [-0.3, -0.25) is 14.8 Å². The molecule has 7 aromatic rings. The van der Waals surface area contributed by atoms with Crippen LogP contribution in [0.2, 0.25) is 0 Å². The Labute approximate surface area is 315 Å². The summed E-state index contributed by atoms with van der Waals surface area (Å²) in [4.78, 5) is 25.6. The van der Waals surface area contributed by atoms with Crippen LogP contribution in [0.1, 0.15) is 57.3 Å². The summed E-state index contributed by atoms with van der Waals surface area (Å²) in [6.07, 6.45) is 4.12. The molecule has 2 aliphatic rings. The van der Waals surface area contributed by atoms with Crippen LogP contribution in [0.25, 0.3) is 38.5 Å². The van der Waals surface area contributed by atoms with Crippen molar-refractivity contribution < 1.29 is 23.1 Å². The topological polar surface area (TPSA) is 147 Å². The van der Waals surface area contributed by atoms with E-state index in [4.69, 9.17) is 23.9 Å². The Morgan fingerprint density at radius 1 is 1.11 bits per heavy atom. The van der Waals surface area contributed by atoms with Crippen molar-refractivity contribution >= 4 is 50.1 Å². The first-order valence-electron chi connectivity index (χ1n) is 18.3. The van der Waals surface area contributed by atoms with Crippen molar-refractivity contribution in [1.82, 2.24) is 29.6 Å². The Morgan fingerprint density at radius 2 is 2.00 bits per heavy atom. The third kappa shape index (κ3) is 6.71. The number of carbonyl (C=O) groups is 1. The lowest BCUT2D eigenvalue weighted by atomic mass is 10.0. The SMILES string of the molecule is Cc1cc2c(C#N)ccc(COc3cccc(C4=CCN(Cc5nc6cc(C(=O)Nc7cc(F)c8n[nH]c(C)c8c7)ccc6n5C[C@@H]5CCO5)CC4)n3)c2o1. The number of anilines is 1. The van der Waals surface area contributed by atoms with E-state index in [9.17, 15) is 14.4 Å². The minimum atomic E-state index is -0.504. The van der Waals surface area contributed by atoms with Gasteiger partial charge in [0.05, 0.1) is 47.6 Å². The van der Waals surface area contributed by atoms with Crippen molar-refractivity contribution in [2.24, 2.45) is 0 Å². The maximum Gasteiger partial charge on any atom is 0.255 e. The third-order valence-corrected chi connectivity index (χ3v) is 10.4. The average molecular weight is 737 g/mol. The Kier molecular flexibility index (Phi) is 8.84. The molecule has 3 aromatic carbocycles. The number of imidazole rings is 1. The highest BCUT2D eigenvalue weighted by Gasteiger charge is 2.24. The van der Waals surface area contributed by atoms with E-state index in [1.54, 1.807) is 24.3 Å². The quantitative estimate of drug-likeness (QED) is 0.145. The summed E-state index contributed by atoms with van der Waals surface area (Å²) < 4.78 is 34.7. The predicted molar refractivity (Wildman–Crippen MR) is 205 cm³/mol. The van der Waals surface area contributed by atoms with E-state index in [1.165, 1.54) is 6.07 Å². The lowest BCUT2D eigenvalue weighted by Crippen LogP contribution is -2.33. The summed E-state index contributed by atoms with van der Waals surface area (Å²) >= 11 is 0. The van der Waals surface area contributed by atoms with E-state index in [1.807, 2.05) is 50.2 Å². The molecule has 0 saturated carbocycles. The second kappa shape index (κ2) is 14.1. The van der Waals surface area contributed by atoms with Crippen molar-refractivity contribution in [2.75, 3.05) is 25.0 Å². The number of aromatic nitrogens is 5. The van der Waals surface area contributed by atoms with Gasteiger partial charge in [-0.05, 0) is 80.8 Å². The van der Waals surface area contributed by atoms with Gasteiger partial charge < -0.3 is 23.8 Å². The minimum absolute atomic E-state index is 0.120. The van der Waals surface area contributed by atoms with Crippen LogP contribution in [-0.4, -0.2) is 61.3 Å². The molecule has 12 nitrogen and oxygen atoms in total.